The van der Waals surface area contributed by atoms with Crippen LogP contribution in [0.25, 0.3) is 0 Å². The van der Waals surface area contributed by atoms with E-state index in [1.165, 1.54) is 28.4 Å². The van der Waals surface area contributed by atoms with Gasteiger partial charge < -0.3 is 64.2 Å². The zero-order valence-electron chi connectivity index (χ0n) is 23.5. The number of aliphatic hydroxyl groups is 6. The normalized spacial score (nSPS) is 23.9. The maximum absolute atomic E-state index is 10.4. The molecule has 3 rings (SSSR count). The third-order valence-corrected chi connectivity index (χ3v) is 7.27. The quantitative estimate of drug-likeness (QED) is 0.152. The van der Waals surface area contributed by atoms with Crippen LogP contribution in [-0.4, -0.2) is 115 Å². The first kappa shape index (κ1) is 32.5. The second-order valence-corrected chi connectivity index (χ2v) is 9.79. The molecular weight excluding hydrogens is 544 g/mol. The summed E-state index contributed by atoms with van der Waals surface area (Å²) in [5, 5.41) is 70.7. The molecule has 0 amide bonds. The van der Waals surface area contributed by atoms with Crippen molar-refractivity contribution in [3.8, 4) is 34.5 Å². The predicted molar refractivity (Wildman–Crippen MR) is 144 cm³/mol. The Morgan fingerprint density at radius 2 is 1.12 bits per heavy atom. The van der Waals surface area contributed by atoms with Crippen LogP contribution in [0.2, 0.25) is 0 Å². The molecule has 7 N–H and O–H groups in total. The summed E-state index contributed by atoms with van der Waals surface area (Å²) >= 11 is 0. The van der Waals surface area contributed by atoms with Crippen molar-refractivity contribution in [3.63, 3.8) is 0 Å². The molecule has 1 heterocycles. The molecule has 1 aliphatic rings. The molecule has 2 aromatic carbocycles. The van der Waals surface area contributed by atoms with E-state index in [1.54, 1.807) is 24.3 Å². The van der Waals surface area contributed by atoms with Crippen LogP contribution < -0.4 is 23.7 Å². The van der Waals surface area contributed by atoms with Gasteiger partial charge in [0, 0.05) is 13.2 Å². The molecule has 1 saturated heterocycles. The van der Waals surface area contributed by atoms with Gasteiger partial charge in [0.15, 0.2) is 23.0 Å². The number of ether oxygens (including phenoxy) is 6. The van der Waals surface area contributed by atoms with Gasteiger partial charge >= 0.3 is 0 Å². The second-order valence-electron chi connectivity index (χ2n) is 9.79. The molecule has 0 aromatic heterocycles. The summed E-state index contributed by atoms with van der Waals surface area (Å²) in [6.45, 7) is -1.09. The van der Waals surface area contributed by atoms with Gasteiger partial charge in [-0.3, -0.25) is 0 Å². The molecule has 7 atom stereocenters. The van der Waals surface area contributed by atoms with Crippen molar-refractivity contribution in [1.29, 1.82) is 0 Å². The van der Waals surface area contributed by atoms with E-state index < -0.39 is 43.2 Å². The monoisotopic (exact) mass is 584 g/mol. The van der Waals surface area contributed by atoms with Crippen molar-refractivity contribution >= 4 is 0 Å². The number of hydrogen-bond donors (Lipinski definition) is 7. The van der Waals surface area contributed by atoms with Crippen LogP contribution in [0, 0.1) is 11.8 Å². The van der Waals surface area contributed by atoms with E-state index in [2.05, 4.69) is 0 Å². The van der Waals surface area contributed by atoms with Crippen molar-refractivity contribution in [3.05, 3.63) is 35.4 Å². The van der Waals surface area contributed by atoms with Gasteiger partial charge in [-0.1, -0.05) is 0 Å². The van der Waals surface area contributed by atoms with Crippen LogP contribution in [0.5, 0.6) is 34.5 Å². The summed E-state index contributed by atoms with van der Waals surface area (Å²) in [6.07, 6.45) is -6.77. The third-order valence-electron chi connectivity index (χ3n) is 7.27. The van der Waals surface area contributed by atoms with Crippen molar-refractivity contribution in [2.45, 2.75) is 43.5 Å². The largest absolute Gasteiger partial charge is 0.502 e. The van der Waals surface area contributed by atoms with E-state index in [0.29, 0.717) is 18.4 Å². The Labute approximate surface area is 238 Å². The molecule has 0 saturated carbocycles. The van der Waals surface area contributed by atoms with Gasteiger partial charge in [-0.2, -0.15) is 0 Å². The van der Waals surface area contributed by atoms with E-state index in [-0.39, 0.29) is 53.6 Å². The molecule has 0 bridgehead atoms. The third kappa shape index (κ3) is 7.25. The summed E-state index contributed by atoms with van der Waals surface area (Å²) in [7, 11) is 5.63. The topological polar surface area (TPSA) is 197 Å². The zero-order valence-corrected chi connectivity index (χ0v) is 23.5. The number of aromatic hydroxyl groups is 1. The molecule has 7 unspecified atom stereocenters. The molecule has 13 nitrogen and oxygen atoms in total. The molecule has 0 radical (unpaired) electrons. The number of hydrogen-bond acceptors (Lipinski definition) is 13. The highest BCUT2D eigenvalue weighted by atomic mass is 16.7. The van der Waals surface area contributed by atoms with Gasteiger partial charge in [-0.25, -0.2) is 0 Å². The fourth-order valence-electron chi connectivity index (χ4n) is 4.88. The first-order valence-electron chi connectivity index (χ1n) is 13.0. The maximum atomic E-state index is 10.4. The van der Waals surface area contributed by atoms with Crippen LogP contribution in [-0.2, 0) is 17.6 Å². The lowest BCUT2D eigenvalue weighted by molar-refractivity contribution is -0.277. The van der Waals surface area contributed by atoms with Crippen molar-refractivity contribution in [2.24, 2.45) is 11.8 Å². The van der Waals surface area contributed by atoms with Gasteiger partial charge in [-0.15, -0.1) is 0 Å². The number of rotatable bonds is 14. The summed E-state index contributed by atoms with van der Waals surface area (Å²) in [6, 6.07) is 6.58. The number of aliphatic hydroxyl groups excluding tert-OH is 6. The van der Waals surface area contributed by atoms with E-state index in [9.17, 15) is 35.7 Å². The average Bonchev–Trinajstić information content (AvgIpc) is 2.99. The lowest BCUT2D eigenvalue weighted by Crippen LogP contribution is -2.60. The van der Waals surface area contributed by atoms with Crippen molar-refractivity contribution in [2.75, 3.05) is 48.3 Å². The summed E-state index contributed by atoms with van der Waals surface area (Å²) in [4.78, 5) is 0. The fraction of sp³-hybridized carbons (Fsp3) is 0.571. The Bertz CT molecular complexity index is 1070. The summed E-state index contributed by atoms with van der Waals surface area (Å²) < 4.78 is 32.7. The molecule has 13 heteroatoms. The second kappa shape index (κ2) is 14.7. The minimum absolute atomic E-state index is 0.0469. The first-order chi connectivity index (χ1) is 19.6. The van der Waals surface area contributed by atoms with Gasteiger partial charge in [0.25, 0.3) is 0 Å². The standard InChI is InChI=1S/C28H40O13/c1-36-18-7-14(8-19(37-2)23(18)32)5-16(11-29)17(12-30)6-15-9-20(38-3)27(21(10-15)39-4)41-28-26(35)25(34)24(33)22(13-31)40-28/h7-10,16-17,22,24-26,28-35H,5-6,11-13H2,1-4H3. The summed E-state index contributed by atoms with van der Waals surface area (Å²) in [5.41, 5.74) is 1.41. The highest BCUT2D eigenvalue weighted by Crippen LogP contribution is 2.42. The molecule has 0 aliphatic carbocycles. The number of methoxy groups -OCH3 is 4. The highest BCUT2D eigenvalue weighted by Gasteiger charge is 2.45. The van der Waals surface area contributed by atoms with Crippen molar-refractivity contribution < 1.29 is 64.2 Å². The molecule has 1 aliphatic heterocycles. The Morgan fingerprint density at radius 3 is 1.51 bits per heavy atom. The molecule has 41 heavy (non-hydrogen) atoms. The lowest BCUT2D eigenvalue weighted by atomic mass is 9.83. The SMILES string of the molecule is COc1cc(CC(CO)C(CO)Cc2cc(OC)c(OC3OC(CO)C(O)C(O)C3O)c(OC)c2)cc(OC)c1O. The van der Waals surface area contributed by atoms with Gasteiger partial charge in [0.2, 0.25) is 17.8 Å². The van der Waals surface area contributed by atoms with Crippen LogP contribution in [0.4, 0.5) is 0 Å². The molecule has 2 aromatic rings. The Morgan fingerprint density at radius 1 is 0.683 bits per heavy atom. The maximum Gasteiger partial charge on any atom is 0.229 e. The van der Waals surface area contributed by atoms with Gasteiger partial charge in [0.1, 0.15) is 24.4 Å². The van der Waals surface area contributed by atoms with E-state index >= 15 is 0 Å². The van der Waals surface area contributed by atoms with Gasteiger partial charge in [0.05, 0.1) is 35.0 Å². The van der Waals surface area contributed by atoms with Crippen molar-refractivity contribution in [1.82, 2.24) is 0 Å². The van der Waals surface area contributed by atoms with E-state index in [1.807, 2.05) is 0 Å². The molecule has 230 valence electrons. The first-order valence-corrected chi connectivity index (χ1v) is 13.0. The number of benzene rings is 2. The Balaban J connectivity index is 1.86. The Kier molecular flexibility index (Phi) is 11.7. The predicted octanol–water partition coefficient (Wildman–Crippen LogP) is -0.392. The fourth-order valence-corrected chi connectivity index (χ4v) is 4.88. The van der Waals surface area contributed by atoms with Crippen LogP contribution in [0.15, 0.2) is 24.3 Å². The number of phenolic OH excluding ortho intramolecular Hbond substituents is 1. The summed E-state index contributed by atoms with van der Waals surface area (Å²) in [5.74, 6) is -0.0440. The molecular formula is C28H40O13. The van der Waals surface area contributed by atoms with E-state index in [0.717, 1.165) is 5.56 Å². The minimum Gasteiger partial charge on any atom is -0.502 e. The minimum atomic E-state index is -1.64. The smallest absolute Gasteiger partial charge is 0.229 e. The highest BCUT2D eigenvalue weighted by molar-refractivity contribution is 5.54. The van der Waals surface area contributed by atoms with Gasteiger partial charge in [-0.05, 0) is 60.1 Å². The lowest BCUT2D eigenvalue weighted by Gasteiger charge is -2.39. The Hall–Kier alpha value is -3.04. The zero-order chi connectivity index (χ0) is 30.3. The van der Waals surface area contributed by atoms with E-state index in [4.69, 9.17) is 28.4 Å². The van der Waals surface area contributed by atoms with Crippen LogP contribution in [0.1, 0.15) is 11.1 Å². The van der Waals surface area contributed by atoms with Crippen LogP contribution >= 0.6 is 0 Å². The molecule has 0 spiro atoms. The van der Waals surface area contributed by atoms with Crippen LogP contribution in [0.3, 0.4) is 0 Å². The number of phenols is 1. The average molecular weight is 585 g/mol. The molecule has 1 fully saturated rings.